The summed E-state index contributed by atoms with van der Waals surface area (Å²) in [6.07, 6.45) is 3.47. The zero-order chi connectivity index (χ0) is 24.7. The summed E-state index contributed by atoms with van der Waals surface area (Å²) in [6.45, 7) is 9.50. The number of benzene rings is 1. The fourth-order valence-corrected chi connectivity index (χ4v) is 7.84. The van der Waals surface area contributed by atoms with E-state index in [1.54, 1.807) is 18.2 Å². The van der Waals surface area contributed by atoms with Gasteiger partial charge in [0.2, 0.25) is 10.0 Å². The number of ether oxygens (including phenoxy) is 1. The number of nitrogens with zero attached hydrogens (tertiary/aromatic N) is 2. The molecule has 2 aliphatic carbocycles. The first-order chi connectivity index (χ1) is 15.9. The number of sulfonamides is 1. The first-order valence-corrected chi connectivity index (χ1v) is 13.8. The highest BCUT2D eigenvalue weighted by molar-refractivity contribution is 7.89. The topological polar surface area (TPSA) is 91.0 Å². The molecule has 1 aliphatic heterocycles. The molecular weight excluding hydrogens is 452 g/mol. The number of hydrogen-bond donors (Lipinski definition) is 2. The summed E-state index contributed by atoms with van der Waals surface area (Å²) in [4.78, 5) is 15.6. The molecule has 0 radical (unpaired) electrons. The summed E-state index contributed by atoms with van der Waals surface area (Å²) < 4.78 is 33.9. The van der Waals surface area contributed by atoms with Crippen LogP contribution in [0.2, 0.25) is 0 Å². The van der Waals surface area contributed by atoms with Crippen molar-refractivity contribution in [3.8, 4) is 0 Å². The minimum Gasteiger partial charge on any atom is -0.383 e. The molecule has 2 saturated carbocycles. The molecule has 0 aromatic heterocycles. The average molecular weight is 493 g/mol. The molecule has 3 aliphatic rings. The number of likely N-dealkylation sites (N-methyl/N-ethyl adjacent to an activating group) is 1. The van der Waals surface area contributed by atoms with Gasteiger partial charge in [0.25, 0.3) is 5.91 Å². The molecule has 1 saturated heterocycles. The first-order valence-electron chi connectivity index (χ1n) is 12.4. The number of nitrogens with one attached hydrogen (secondary N) is 2. The van der Waals surface area contributed by atoms with Crippen molar-refractivity contribution in [2.24, 2.45) is 16.7 Å². The minimum absolute atomic E-state index is 0.0268. The predicted octanol–water partition coefficient (Wildman–Crippen LogP) is 2.63. The Morgan fingerprint density at radius 3 is 2.53 bits per heavy atom. The van der Waals surface area contributed by atoms with Crippen molar-refractivity contribution in [1.29, 1.82) is 0 Å². The standard InChI is InChI=1S/C25H40N4O4S/c1-24(2)19-8-9-25(3,17-19)23(24)27-22(30)18-6-7-20(26-10-11-28(4)5)21(16-18)34(31,32)29-12-14-33-15-13-29/h6-7,16,19,23,26H,8-15,17H2,1-5H3,(H,27,30)/t19-,23?,25-/m1/s1. The largest absolute Gasteiger partial charge is 0.383 e. The minimum atomic E-state index is -3.77. The van der Waals surface area contributed by atoms with Crippen LogP contribution < -0.4 is 10.6 Å². The van der Waals surface area contributed by atoms with Gasteiger partial charge in [-0.3, -0.25) is 4.79 Å². The molecule has 190 valence electrons. The summed E-state index contributed by atoms with van der Waals surface area (Å²) in [5, 5.41) is 6.56. The van der Waals surface area contributed by atoms with E-state index >= 15 is 0 Å². The van der Waals surface area contributed by atoms with E-state index in [0.29, 0.717) is 50.0 Å². The van der Waals surface area contributed by atoms with Gasteiger partial charge in [0.05, 0.1) is 18.9 Å². The highest BCUT2D eigenvalue weighted by Crippen LogP contribution is 2.62. The normalized spacial score (nSPS) is 28.9. The van der Waals surface area contributed by atoms with Crippen LogP contribution in [0.15, 0.2) is 23.1 Å². The van der Waals surface area contributed by atoms with Crippen LogP contribution in [0.3, 0.4) is 0 Å². The Balaban J connectivity index is 1.62. The molecule has 9 heteroatoms. The van der Waals surface area contributed by atoms with Gasteiger partial charge in [-0.2, -0.15) is 4.31 Å². The van der Waals surface area contributed by atoms with Gasteiger partial charge >= 0.3 is 0 Å². The van der Waals surface area contributed by atoms with Crippen molar-refractivity contribution in [3.05, 3.63) is 23.8 Å². The van der Waals surface area contributed by atoms with Crippen LogP contribution in [-0.2, 0) is 14.8 Å². The van der Waals surface area contributed by atoms with Crippen LogP contribution in [0, 0.1) is 16.7 Å². The maximum Gasteiger partial charge on any atom is 0.251 e. The van der Waals surface area contributed by atoms with Crippen LogP contribution in [0.4, 0.5) is 5.69 Å². The van der Waals surface area contributed by atoms with E-state index < -0.39 is 10.0 Å². The van der Waals surface area contributed by atoms with Crippen molar-refractivity contribution in [3.63, 3.8) is 0 Å². The Morgan fingerprint density at radius 1 is 1.21 bits per heavy atom. The molecule has 1 aromatic rings. The second kappa shape index (κ2) is 9.41. The van der Waals surface area contributed by atoms with E-state index in [1.807, 2.05) is 19.0 Å². The number of carbonyl (C=O) groups excluding carboxylic acids is 1. The second-order valence-electron chi connectivity index (χ2n) is 11.3. The molecule has 1 unspecified atom stereocenters. The molecule has 8 nitrogen and oxygen atoms in total. The molecule has 34 heavy (non-hydrogen) atoms. The van der Waals surface area contributed by atoms with Crippen LogP contribution in [-0.4, -0.2) is 83.1 Å². The summed E-state index contributed by atoms with van der Waals surface area (Å²) >= 11 is 0. The Hall–Kier alpha value is -1.68. The molecule has 4 rings (SSSR count). The molecule has 2 bridgehead atoms. The van der Waals surface area contributed by atoms with Gasteiger partial charge in [-0.15, -0.1) is 0 Å². The summed E-state index contributed by atoms with van der Waals surface area (Å²) in [5.41, 5.74) is 1.03. The summed E-state index contributed by atoms with van der Waals surface area (Å²) in [7, 11) is 0.168. The number of rotatable bonds is 8. The number of hydrogen-bond acceptors (Lipinski definition) is 6. The van der Waals surface area contributed by atoms with Crippen molar-refractivity contribution < 1.29 is 17.9 Å². The lowest BCUT2D eigenvalue weighted by atomic mass is 9.68. The van der Waals surface area contributed by atoms with Gasteiger partial charge in [0.15, 0.2) is 0 Å². The Labute approximate surface area is 204 Å². The number of morpholine rings is 1. The number of anilines is 1. The lowest BCUT2D eigenvalue weighted by molar-refractivity contribution is 0.0729. The zero-order valence-corrected chi connectivity index (χ0v) is 22.0. The summed E-state index contributed by atoms with van der Waals surface area (Å²) in [6, 6.07) is 5.07. The second-order valence-corrected chi connectivity index (χ2v) is 13.2. The SMILES string of the molecule is CN(C)CCNc1ccc(C(=O)NC2C(C)(C)[C@@H]3CC[C@]2(C)C3)cc1S(=O)(=O)N1CCOCC1. The van der Waals surface area contributed by atoms with E-state index in [-0.39, 0.29) is 27.7 Å². The highest BCUT2D eigenvalue weighted by atomic mass is 32.2. The van der Waals surface area contributed by atoms with E-state index in [2.05, 4.69) is 31.4 Å². The molecule has 0 spiro atoms. The zero-order valence-electron chi connectivity index (χ0n) is 21.2. The molecule has 1 amide bonds. The van der Waals surface area contributed by atoms with E-state index in [1.165, 1.54) is 10.7 Å². The van der Waals surface area contributed by atoms with Gasteiger partial charge < -0.3 is 20.3 Å². The van der Waals surface area contributed by atoms with Gasteiger partial charge in [-0.05, 0) is 68.3 Å². The molecule has 3 atom stereocenters. The predicted molar refractivity (Wildman–Crippen MR) is 134 cm³/mol. The Bertz CT molecular complexity index is 1010. The van der Waals surface area contributed by atoms with Crippen LogP contribution >= 0.6 is 0 Å². The molecule has 1 heterocycles. The van der Waals surface area contributed by atoms with Gasteiger partial charge in [0, 0.05) is 37.8 Å². The fraction of sp³-hybridized carbons (Fsp3) is 0.720. The number of carbonyl (C=O) groups is 1. The van der Waals surface area contributed by atoms with E-state index in [9.17, 15) is 13.2 Å². The van der Waals surface area contributed by atoms with Gasteiger partial charge in [-0.25, -0.2) is 8.42 Å². The average Bonchev–Trinajstić information content (AvgIpc) is 3.28. The Morgan fingerprint density at radius 2 is 1.91 bits per heavy atom. The third-order valence-corrected chi connectivity index (χ3v) is 10.2. The van der Waals surface area contributed by atoms with E-state index in [4.69, 9.17) is 4.74 Å². The quantitative estimate of drug-likeness (QED) is 0.580. The van der Waals surface area contributed by atoms with Crippen LogP contribution in [0.5, 0.6) is 0 Å². The third kappa shape index (κ3) is 4.72. The highest BCUT2D eigenvalue weighted by Gasteiger charge is 2.59. The molecule has 1 aromatic carbocycles. The lowest BCUT2D eigenvalue weighted by Gasteiger charge is -2.43. The van der Waals surface area contributed by atoms with Crippen LogP contribution in [0.25, 0.3) is 0 Å². The summed E-state index contributed by atoms with van der Waals surface area (Å²) in [5.74, 6) is 0.411. The third-order valence-electron chi connectivity index (χ3n) is 8.25. The number of fused-ring (bicyclic) bond motifs is 2. The maximum absolute atomic E-state index is 13.6. The Kier molecular flexibility index (Phi) is 7.03. The first kappa shape index (κ1) is 25.4. The smallest absolute Gasteiger partial charge is 0.251 e. The van der Waals surface area contributed by atoms with Crippen molar-refractivity contribution in [2.45, 2.75) is 51.0 Å². The maximum atomic E-state index is 13.6. The van der Waals surface area contributed by atoms with Gasteiger partial charge in [0.1, 0.15) is 4.90 Å². The van der Waals surface area contributed by atoms with Gasteiger partial charge in [-0.1, -0.05) is 20.8 Å². The molecule has 2 N–H and O–H groups in total. The van der Waals surface area contributed by atoms with Crippen LogP contribution in [0.1, 0.15) is 50.4 Å². The monoisotopic (exact) mass is 492 g/mol. The van der Waals surface area contributed by atoms with Crippen molar-refractivity contribution in [1.82, 2.24) is 14.5 Å². The van der Waals surface area contributed by atoms with E-state index in [0.717, 1.165) is 19.4 Å². The molecule has 3 fully saturated rings. The van der Waals surface area contributed by atoms with Crippen molar-refractivity contribution in [2.75, 3.05) is 58.8 Å². The number of amides is 1. The van der Waals surface area contributed by atoms with Crippen molar-refractivity contribution >= 4 is 21.6 Å². The lowest BCUT2D eigenvalue weighted by Crippen LogP contribution is -2.52. The molecular formula is C25H40N4O4S. The fourth-order valence-electron chi connectivity index (χ4n) is 6.24.